The van der Waals surface area contributed by atoms with Gasteiger partial charge in [-0.15, -0.1) is 0 Å². The van der Waals surface area contributed by atoms with Gasteiger partial charge in [0, 0.05) is 10.6 Å². The van der Waals surface area contributed by atoms with Crippen molar-refractivity contribution in [2.75, 3.05) is 11.1 Å². The summed E-state index contributed by atoms with van der Waals surface area (Å²) in [6.07, 6.45) is 8.68. The molecule has 0 amide bonds. The van der Waals surface area contributed by atoms with E-state index in [1.54, 1.807) is 0 Å². The minimum Gasteiger partial charge on any atom is -0.159 e. The number of halogens is 1. The molecule has 0 bridgehead atoms. The van der Waals surface area contributed by atoms with Crippen LogP contribution in [0, 0.1) is 0 Å². The molecular formula is C9H17BrS. The van der Waals surface area contributed by atoms with Crippen molar-refractivity contribution in [3.63, 3.8) is 0 Å². The van der Waals surface area contributed by atoms with Crippen LogP contribution in [-0.4, -0.2) is 16.3 Å². The van der Waals surface area contributed by atoms with Gasteiger partial charge in [-0.2, -0.15) is 11.8 Å². The Balaban J connectivity index is 1.86. The fraction of sp³-hybridized carbons (Fsp3) is 1.00. The van der Waals surface area contributed by atoms with Gasteiger partial charge in [0.2, 0.25) is 0 Å². The first-order chi connectivity index (χ1) is 5.43. The summed E-state index contributed by atoms with van der Waals surface area (Å²) in [5.41, 5.74) is 0. The number of rotatable bonds is 5. The van der Waals surface area contributed by atoms with Crippen molar-refractivity contribution in [3.8, 4) is 0 Å². The Morgan fingerprint density at radius 1 is 1.18 bits per heavy atom. The van der Waals surface area contributed by atoms with Gasteiger partial charge in [-0.1, -0.05) is 28.8 Å². The van der Waals surface area contributed by atoms with Crippen molar-refractivity contribution in [2.45, 2.75) is 43.8 Å². The average molecular weight is 237 g/mol. The molecule has 1 aliphatic rings. The van der Waals surface area contributed by atoms with Gasteiger partial charge < -0.3 is 0 Å². The third kappa shape index (κ3) is 4.41. The van der Waals surface area contributed by atoms with E-state index in [1.165, 1.54) is 49.6 Å². The summed E-state index contributed by atoms with van der Waals surface area (Å²) < 4.78 is 0. The maximum Gasteiger partial charge on any atom is 0.00470 e. The summed E-state index contributed by atoms with van der Waals surface area (Å²) in [4.78, 5) is 0. The monoisotopic (exact) mass is 236 g/mol. The summed E-state index contributed by atoms with van der Waals surface area (Å²) >= 11 is 5.66. The van der Waals surface area contributed by atoms with Gasteiger partial charge in [-0.25, -0.2) is 0 Å². The van der Waals surface area contributed by atoms with Gasteiger partial charge in [0.1, 0.15) is 0 Å². The van der Waals surface area contributed by atoms with Crippen LogP contribution < -0.4 is 0 Å². The number of hydrogen-bond acceptors (Lipinski definition) is 1. The third-order valence-electron chi connectivity index (χ3n) is 2.18. The molecular weight excluding hydrogens is 220 g/mol. The van der Waals surface area contributed by atoms with Crippen molar-refractivity contribution < 1.29 is 0 Å². The molecule has 1 aliphatic carbocycles. The zero-order valence-electron chi connectivity index (χ0n) is 7.02. The summed E-state index contributed by atoms with van der Waals surface area (Å²) in [5, 5.41) is 2.20. The lowest BCUT2D eigenvalue weighted by Crippen LogP contribution is -1.95. The molecule has 11 heavy (non-hydrogen) atoms. The van der Waals surface area contributed by atoms with Crippen LogP contribution in [0.1, 0.15) is 38.5 Å². The van der Waals surface area contributed by atoms with E-state index in [1.807, 2.05) is 0 Å². The second-order valence-corrected chi connectivity index (χ2v) is 5.37. The highest BCUT2D eigenvalue weighted by atomic mass is 79.9. The van der Waals surface area contributed by atoms with Crippen LogP contribution in [-0.2, 0) is 0 Å². The third-order valence-corrected chi connectivity index (χ3v) is 4.21. The molecule has 0 atom stereocenters. The van der Waals surface area contributed by atoms with E-state index in [0.717, 1.165) is 5.25 Å². The normalized spacial score (nSPS) is 19.4. The fourth-order valence-corrected chi connectivity index (χ4v) is 3.27. The summed E-state index contributed by atoms with van der Waals surface area (Å²) in [5.74, 6) is 1.39. The van der Waals surface area contributed by atoms with Crippen LogP contribution in [0.4, 0.5) is 0 Å². The maximum absolute atomic E-state index is 3.45. The van der Waals surface area contributed by atoms with Crippen LogP contribution >= 0.6 is 27.7 Å². The highest BCUT2D eigenvalue weighted by Gasteiger charge is 2.14. The van der Waals surface area contributed by atoms with E-state index in [-0.39, 0.29) is 0 Å². The lowest BCUT2D eigenvalue weighted by molar-refractivity contribution is 0.880. The molecule has 1 rings (SSSR count). The number of hydrogen-bond donors (Lipinski definition) is 0. The first-order valence-corrected chi connectivity index (χ1v) is 6.78. The Kier molecular flexibility index (Phi) is 5.73. The average Bonchev–Trinajstić information content (AvgIpc) is 2.50. The molecule has 1 fully saturated rings. The van der Waals surface area contributed by atoms with Crippen LogP contribution in [0.25, 0.3) is 0 Å². The topological polar surface area (TPSA) is 0 Å². The molecule has 0 saturated heterocycles. The predicted molar refractivity (Wildman–Crippen MR) is 57.7 cm³/mol. The molecule has 0 aliphatic heterocycles. The van der Waals surface area contributed by atoms with Crippen molar-refractivity contribution >= 4 is 27.7 Å². The van der Waals surface area contributed by atoms with Crippen molar-refractivity contribution in [2.24, 2.45) is 0 Å². The van der Waals surface area contributed by atoms with E-state index in [0.29, 0.717) is 0 Å². The molecule has 0 aromatic heterocycles. The second-order valence-electron chi connectivity index (χ2n) is 3.17. The Morgan fingerprint density at radius 3 is 2.55 bits per heavy atom. The van der Waals surface area contributed by atoms with Gasteiger partial charge in [0.05, 0.1) is 0 Å². The van der Waals surface area contributed by atoms with Crippen LogP contribution in [0.15, 0.2) is 0 Å². The molecule has 1 saturated carbocycles. The van der Waals surface area contributed by atoms with E-state index < -0.39 is 0 Å². The Hall–Kier alpha value is 0.830. The number of alkyl halides is 1. The van der Waals surface area contributed by atoms with E-state index in [4.69, 9.17) is 0 Å². The van der Waals surface area contributed by atoms with E-state index in [9.17, 15) is 0 Å². The number of unbranched alkanes of at least 4 members (excludes halogenated alkanes) is 1. The summed E-state index contributed by atoms with van der Waals surface area (Å²) in [6.45, 7) is 0. The molecule has 66 valence electrons. The first-order valence-electron chi connectivity index (χ1n) is 4.61. The largest absolute Gasteiger partial charge is 0.159 e. The molecule has 0 unspecified atom stereocenters. The molecule has 0 nitrogen and oxygen atoms in total. The Bertz CT molecular complexity index is 89.6. The molecule has 0 aromatic carbocycles. The van der Waals surface area contributed by atoms with Gasteiger partial charge in [-0.3, -0.25) is 0 Å². The van der Waals surface area contributed by atoms with Crippen molar-refractivity contribution in [1.82, 2.24) is 0 Å². The highest BCUT2D eigenvalue weighted by Crippen LogP contribution is 2.29. The fourth-order valence-electron chi connectivity index (χ4n) is 1.50. The van der Waals surface area contributed by atoms with Gasteiger partial charge in [0.25, 0.3) is 0 Å². The van der Waals surface area contributed by atoms with E-state index in [2.05, 4.69) is 27.7 Å². The Labute approximate surface area is 82.6 Å². The first kappa shape index (κ1) is 9.91. The smallest absolute Gasteiger partial charge is 0.00470 e. The maximum atomic E-state index is 3.45. The lowest BCUT2D eigenvalue weighted by atomic mass is 10.4. The molecule has 0 heterocycles. The zero-order chi connectivity index (χ0) is 7.94. The minimum atomic E-state index is 1.02. The molecule has 0 aromatic rings. The summed E-state index contributed by atoms with van der Waals surface area (Å²) in [6, 6.07) is 0. The molecule has 0 radical (unpaired) electrons. The SMILES string of the molecule is BrCCCCSC1CCCC1. The molecule has 0 N–H and O–H groups in total. The molecule has 2 heteroatoms. The summed E-state index contributed by atoms with van der Waals surface area (Å²) in [7, 11) is 0. The van der Waals surface area contributed by atoms with Crippen LogP contribution in [0.5, 0.6) is 0 Å². The quantitative estimate of drug-likeness (QED) is 0.517. The number of thioether (sulfide) groups is 1. The standard InChI is InChI=1S/C9H17BrS/c10-7-3-4-8-11-9-5-1-2-6-9/h9H,1-8H2. The lowest BCUT2D eigenvalue weighted by Gasteiger charge is -2.06. The highest BCUT2D eigenvalue weighted by molar-refractivity contribution is 9.09. The van der Waals surface area contributed by atoms with Gasteiger partial charge in [0.15, 0.2) is 0 Å². The predicted octanol–water partition coefficient (Wildman–Crippen LogP) is 3.84. The van der Waals surface area contributed by atoms with Crippen molar-refractivity contribution in [3.05, 3.63) is 0 Å². The van der Waals surface area contributed by atoms with Gasteiger partial charge in [-0.05, 0) is 31.4 Å². The zero-order valence-corrected chi connectivity index (χ0v) is 9.42. The molecule has 0 spiro atoms. The van der Waals surface area contributed by atoms with Crippen LogP contribution in [0.2, 0.25) is 0 Å². The van der Waals surface area contributed by atoms with Crippen LogP contribution in [0.3, 0.4) is 0 Å². The second kappa shape index (κ2) is 6.36. The van der Waals surface area contributed by atoms with E-state index >= 15 is 0 Å². The van der Waals surface area contributed by atoms with Gasteiger partial charge >= 0.3 is 0 Å². The minimum absolute atomic E-state index is 1.02. The van der Waals surface area contributed by atoms with Crippen molar-refractivity contribution in [1.29, 1.82) is 0 Å². The Morgan fingerprint density at radius 2 is 1.91 bits per heavy atom.